The zero-order chi connectivity index (χ0) is 18.4. The van der Waals surface area contributed by atoms with Crippen molar-refractivity contribution in [3.8, 4) is 0 Å². The highest BCUT2D eigenvalue weighted by molar-refractivity contribution is 7.89. The molecule has 2 rings (SSSR count). The highest BCUT2D eigenvalue weighted by Gasteiger charge is 2.26. The van der Waals surface area contributed by atoms with E-state index in [2.05, 4.69) is 10.6 Å². The van der Waals surface area contributed by atoms with Gasteiger partial charge < -0.3 is 15.5 Å². The van der Waals surface area contributed by atoms with E-state index in [4.69, 9.17) is 0 Å². The van der Waals surface area contributed by atoms with Crippen LogP contribution in [0.15, 0.2) is 24.3 Å². The largest absolute Gasteiger partial charge is 0.369 e. The van der Waals surface area contributed by atoms with Crippen molar-refractivity contribution in [1.82, 2.24) is 14.9 Å². The van der Waals surface area contributed by atoms with Gasteiger partial charge in [-0.05, 0) is 38.1 Å². The summed E-state index contributed by atoms with van der Waals surface area (Å²) < 4.78 is 39.1. The number of nitrogens with zero attached hydrogens (tertiary/aromatic N) is 2. The van der Waals surface area contributed by atoms with Crippen LogP contribution in [0.2, 0.25) is 0 Å². The number of carbonyl (C=O) groups is 1. The summed E-state index contributed by atoms with van der Waals surface area (Å²) >= 11 is 0. The molecule has 1 fully saturated rings. The minimum Gasteiger partial charge on any atom is -0.369 e. The first kappa shape index (κ1) is 19.5. The minimum absolute atomic E-state index is 0.00357. The summed E-state index contributed by atoms with van der Waals surface area (Å²) in [5, 5.41) is 5.19. The lowest BCUT2D eigenvalue weighted by Gasteiger charge is -2.35. The van der Waals surface area contributed by atoms with Crippen molar-refractivity contribution in [2.75, 3.05) is 43.4 Å². The summed E-state index contributed by atoms with van der Waals surface area (Å²) in [6.45, 7) is 5.57. The second kappa shape index (κ2) is 8.48. The average Bonchev–Trinajstić information content (AvgIpc) is 2.55. The molecule has 1 aromatic carbocycles. The molecule has 140 valence electrons. The highest BCUT2D eigenvalue weighted by atomic mass is 32.2. The van der Waals surface area contributed by atoms with Gasteiger partial charge in [0.2, 0.25) is 10.0 Å². The van der Waals surface area contributed by atoms with Gasteiger partial charge in [0.15, 0.2) is 0 Å². The summed E-state index contributed by atoms with van der Waals surface area (Å²) in [7, 11) is -3.42. The molecule has 0 bridgehead atoms. The molecule has 1 saturated heterocycles. The molecule has 2 N–H and O–H groups in total. The Kier molecular flexibility index (Phi) is 6.60. The van der Waals surface area contributed by atoms with E-state index in [1.807, 2.05) is 18.7 Å². The maximum absolute atomic E-state index is 13.0. The van der Waals surface area contributed by atoms with E-state index >= 15 is 0 Å². The van der Waals surface area contributed by atoms with Gasteiger partial charge in [0, 0.05) is 44.5 Å². The van der Waals surface area contributed by atoms with Crippen molar-refractivity contribution in [2.24, 2.45) is 0 Å². The monoisotopic (exact) mass is 372 g/mol. The first-order valence-electron chi connectivity index (χ1n) is 8.30. The number of sulfonamides is 1. The Morgan fingerprint density at radius 2 is 1.76 bits per heavy atom. The van der Waals surface area contributed by atoms with E-state index in [1.165, 1.54) is 16.4 Å². The van der Waals surface area contributed by atoms with Crippen LogP contribution < -0.4 is 15.5 Å². The number of carbonyl (C=O) groups excluding carboxylic acids is 1. The molecule has 0 saturated carbocycles. The molecule has 1 aromatic rings. The maximum atomic E-state index is 13.0. The molecular formula is C16H25FN4O3S. The molecule has 0 unspecified atom stereocenters. The van der Waals surface area contributed by atoms with Crippen LogP contribution >= 0.6 is 0 Å². The molecule has 25 heavy (non-hydrogen) atoms. The number of benzene rings is 1. The van der Waals surface area contributed by atoms with Crippen molar-refractivity contribution in [3.05, 3.63) is 30.1 Å². The molecule has 1 aliphatic rings. The van der Waals surface area contributed by atoms with E-state index < -0.39 is 10.0 Å². The van der Waals surface area contributed by atoms with E-state index in [1.54, 1.807) is 12.1 Å². The topological polar surface area (TPSA) is 81.8 Å². The van der Waals surface area contributed by atoms with Crippen LogP contribution in [0, 0.1) is 5.82 Å². The Bertz CT molecular complexity index is 671. The number of hydrogen-bond acceptors (Lipinski definition) is 4. The standard InChI is InChI=1S/C16H25FN4O3S/c1-13(2)19-16(22)18-7-12-25(23,24)21-10-8-20(9-11-21)15-5-3-14(17)4-6-15/h3-6,13H,7-12H2,1-2H3,(H2,18,19,22). The van der Waals surface area contributed by atoms with Crippen LogP contribution in [0.1, 0.15) is 13.8 Å². The van der Waals surface area contributed by atoms with Crippen molar-refractivity contribution in [3.63, 3.8) is 0 Å². The number of halogens is 1. The summed E-state index contributed by atoms with van der Waals surface area (Å²) in [4.78, 5) is 13.5. The predicted octanol–water partition coefficient (Wildman–Crippen LogP) is 0.985. The Labute approximate surface area is 148 Å². The Morgan fingerprint density at radius 3 is 2.32 bits per heavy atom. The molecule has 0 aromatic heterocycles. The van der Waals surface area contributed by atoms with E-state index in [0.29, 0.717) is 26.2 Å². The van der Waals surface area contributed by atoms with Gasteiger partial charge in [0.05, 0.1) is 5.75 Å². The fourth-order valence-electron chi connectivity index (χ4n) is 2.61. The molecule has 0 aliphatic carbocycles. The zero-order valence-electron chi connectivity index (χ0n) is 14.5. The molecule has 1 aliphatic heterocycles. The van der Waals surface area contributed by atoms with Gasteiger partial charge >= 0.3 is 6.03 Å². The lowest BCUT2D eigenvalue weighted by atomic mass is 10.2. The number of anilines is 1. The molecule has 1 heterocycles. The summed E-state index contributed by atoms with van der Waals surface area (Å²) in [6, 6.07) is 5.80. The van der Waals surface area contributed by atoms with Gasteiger partial charge in [-0.15, -0.1) is 0 Å². The van der Waals surface area contributed by atoms with Gasteiger partial charge in [0.1, 0.15) is 5.82 Å². The van der Waals surface area contributed by atoms with Crippen molar-refractivity contribution in [2.45, 2.75) is 19.9 Å². The summed E-state index contributed by atoms with van der Waals surface area (Å²) in [5.74, 6) is -0.423. The maximum Gasteiger partial charge on any atom is 0.315 e. The molecule has 0 spiro atoms. The van der Waals surface area contributed by atoms with Crippen LogP contribution in [-0.4, -0.2) is 63.3 Å². The third kappa shape index (κ3) is 5.86. The summed E-state index contributed by atoms with van der Waals surface area (Å²) in [5.41, 5.74) is 0.880. The zero-order valence-corrected chi connectivity index (χ0v) is 15.4. The third-order valence-electron chi connectivity index (χ3n) is 3.89. The van der Waals surface area contributed by atoms with E-state index in [9.17, 15) is 17.6 Å². The third-order valence-corrected chi connectivity index (χ3v) is 5.76. The second-order valence-electron chi connectivity index (χ2n) is 6.23. The van der Waals surface area contributed by atoms with E-state index in [-0.39, 0.29) is 30.2 Å². The van der Waals surface area contributed by atoms with Gasteiger partial charge in [-0.2, -0.15) is 4.31 Å². The molecule has 2 amide bonds. The Morgan fingerprint density at radius 1 is 1.16 bits per heavy atom. The van der Waals surface area contributed by atoms with Gasteiger partial charge in [-0.25, -0.2) is 17.6 Å². The second-order valence-corrected chi connectivity index (χ2v) is 8.32. The highest BCUT2D eigenvalue weighted by Crippen LogP contribution is 2.18. The van der Waals surface area contributed by atoms with Crippen molar-refractivity contribution < 1.29 is 17.6 Å². The number of amides is 2. The van der Waals surface area contributed by atoms with Crippen LogP contribution in [0.4, 0.5) is 14.9 Å². The lowest BCUT2D eigenvalue weighted by molar-refractivity contribution is 0.239. The first-order chi connectivity index (χ1) is 11.8. The van der Waals surface area contributed by atoms with E-state index in [0.717, 1.165) is 5.69 Å². The van der Waals surface area contributed by atoms with Gasteiger partial charge in [0.25, 0.3) is 0 Å². The van der Waals surface area contributed by atoms with Crippen LogP contribution in [0.3, 0.4) is 0 Å². The first-order valence-corrected chi connectivity index (χ1v) is 9.91. The number of nitrogens with one attached hydrogen (secondary N) is 2. The molecule has 9 heteroatoms. The van der Waals surface area contributed by atoms with Crippen LogP contribution in [-0.2, 0) is 10.0 Å². The van der Waals surface area contributed by atoms with Crippen LogP contribution in [0.25, 0.3) is 0 Å². The van der Waals surface area contributed by atoms with Crippen molar-refractivity contribution >= 4 is 21.7 Å². The summed E-state index contributed by atoms with van der Waals surface area (Å²) in [6.07, 6.45) is 0. The Hall–Kier alpha value is -1.87. The average molecular weight is 372 g/mol. The Balaban J connectivity index is 1.80. The number of piperazine rings is 1. The quantitative estimate of drug-likeness (QED) is 0.780. The number of hydrogen-bond donors (Lipinski definition) is 2. The molecule has 0 atom stereocenters. The molecule has 0 radical (unpaired) electrons. The smallest absolute Gasteiger partial charge is 0.315 e. The lowest BCUT2D eigenvalue weighted by Crippen LogP contribution is -2.50. The minimum atomic E-state index is -3.42. The number of rotatable bonds is 6. The van der Waals surface area contributed by atoms with Crippen LogP contribution in [0.5, 0.6) is 0 Å². The normalized spacial score (nSPS) is 16.1. The fourth-order valence-corrected chi connectivity index (χ4v) is 3.95. The predicted molar refractivity (Wildman–Crippen MR) is 95.6 cm³/mol. The van der Waals surface area contributed by atoms with Crippen molar-refractivity contribution in [1.29, 1.82) is 0 Å². The SMILES string of the molecule is CC(C)NC(=O)NCCS(=O)(=O)N1CCN(c2ccc(F)cc2)CC1. The molecule has 7 nitrogen and oxygen atoms in total. The fraction of sp³-hybridized carbons (Fsp3) is 0.562. The van der Waals surface area contributed by atoms with Gasteiger partial charge in [-0.3, -0.25) is 0 Å². The van der Waals surface area contributed by atoms with Gasteiger partial charge in [-0.1, -0.05) is 0 Å². The number of urea groups is 1. The molecular weight excluding hydrogens is 347 g/mol.